The normalized spacial score (nSPS) is 14.5. The predicted molar refractivity (Wildman–Crippen MR) is 153 cm³/mol. The van der Waals surface area contributed by atoms with Crippen LogP contribution in [0.3, 0.4) is 0 Å². The summed E-state index contributed by atoms with van der Waals surface area (Å²) in [5.41, 5.74) is 3.78. The molecular weight excluding hydrogens is 538 g/mol. The lowest BCUT2D eigenvalue weighted by Crippen LogP contribution is -2.31. The van der Waals surface area contributed by atoms with Crippen molar-refractivity contribution in [3.05, 3.63) is 113 Å². The number of nitriles is 1. The number of rotatable bonds is 8. The number of aryl methyl sites for hydroxylation is 1. The van der Waals surface area contributed by atoms with Crippen molar-refractivity contribution in [1.82, 2.24) is 4.98 Å². The van der Waals surface area contributed by atoms with Crippen LogP contribution >= 0.6 is 11.8 Å². The molecular formula is C32H23N3O5S. The highest BCUT2D eigenvalue weighted by Crippen LogP contribution is 2.35. The molecule has 1 saturated heterocycles. The van der Waals surface area contributed by atoms with Crippen LogP contribution < -0.4 is 4.90 Å². The van der Waals surface area contributed by atoms with Crippen LogP contribution in [0.2, 0.25) is 0 Å². The van der Waals surface area contributed by atoms with Gasteiger partial charge in [0.2, 0.25) is 11.8 Å². The van der Waals surface area contributed by atoms with Crippen LogP contribution in [0.1, 0.15) is 38.3 Å². The average molecular weight is 562 g/mol. The van der Waals surface area contributed by atoms with E-state index in [1.165, 1.54) is 24.3 Å². The summed E-state index contributed by atoms with van der Waals surface area (Å²) < 4.78 is 5.16. The predicted octanol–water partition coefficient (Wildman–Crippen LogP) is 5.39. The standard InChI is InChI=1S/C32H23N3O5S/c1-20-7-9-22(10-8-20)27(36)19-40-32(39)23-11-14-25(15-12-23)35-29(37)17-28(31(35)38)41-30-24(18-33)13-16-26(34-30)21-5-3-2-4-6-21/h2-16,28H,17,19H2,1H3. The zero-order chi connectivity index (χ0) is 28.9. The Morgan fingerprint density at radius 3 is 2.32 bits per heavy atom. The lowest BCUT2D eigenvalue weighted by molar-refractivity contribution is -0.121. The van der Waals surface area contributed by atoms with E-state index in [1.54, 1.807) is 36.4 Å². The molecule has 3 aromatic carbocycles. The Balaban J connectivity index is 1.25. The minimum Gasteiger partial charge on any atom is -0.454 e. The van der Waals surface area contributed by atoms with Gasteiger partial charge in [0.25, 0.3) is 0 Å². The molecule has 2 amide bonds. The van der Waals surface area contributed by atoms with Crippen molar-refractivity contribution in [1.29, 1.82) is 5.26 Å². The molecule has 1 fully saturated rings. The number of nitrogens with zero attached hydrogens (tertiary/aromatic N) is 3. The molecule has 0 N–H and O–H groups in total. The summed E-state index contributed by atoms with van der Waals surface area (Å²) in [6, 6.07) is 27.8. The molecule has 2 heterocycles. The van der Waals surface area contributed by atoms with Crippen LogP contribution in [0.15, 0.2) is 96.0 Å². The topological polar surface area (TPSA) is 117 Å². The fraction of sp³-hybridized carbons (Fsp3) is 0.125. The van der Waals surface area contributed by atoms with Crippen LogP contribution in [-0.2, 0) is 14.3 Å². The minimum absolute atomic E-state index is 0.0590. The molecule has 41 heavy (non-hydrogen) atoms. The van der Waals surface area contributed by atoms with Crippen molar-refractivity contribution in [3.63, 3.8) is 0 Å². The minimum atomic E-state index is -0.759. The summed E-state index contributed by atoms with van der Waals surface area (Å²) in [5, 5.41) is 9.20. The molecule has 9 heteroatoms. The molecule has 5 rings (SSSR count). The lowest BCUT2D eigenvalue weighted by Gasteiger charge is -2.15. The van der Waals surface area contributed by atoms with E-state index in [0.717, 1.165) is 27.8 Å². The number of hydrogen-bond donors (Lipinski definition) is 0. The van der Waals surface area contributed by atoms with Gasteiger partial charge in [0.15, 0.2) is 12.4 Å². The highest BCUT2D eigenvalue weighted by atomic mass is 32.2. The van der Waals surface area contributed by atoms with E-state index < -0.39 is 29.6 Å². The molecule has 0 radical (unpaired) electrons. The van der Waals surface area contributed by atoms with E-state index in [-0.39, 0.29) is 17.8 Å². The van der Waals surface area contributed by atoms with Crippen molar-refractivity contribution < 1.29 is 23.9 Å². The number of pyridine rings is 1. The first kappa shape index (κ1) is 27.5. The Bertz CT molecular complexity index is 1680. The van der Waals surface area contributed by atoms with Gasteiger partial charge in [-0.1, -0.05) is 71.9 Å². The fourth-order valence-electron chi connectivity index (χ4n) is 4.27. The fourth-order valence-corrected chi connectivity index (χ4v) is 5.36. The molecule has 202 valence electrons. The number of esters is 1. The van der Waals surface area contributed by atoms with Gasteiger partial charge in [-0.2, -0.15) is 5.26 Å². The van der Waals surface area contributed by atoms with Gasteiger partial charge in [-0.3, -0.25) is 14.4 Å². The average Bonchev–Trinajstić information content (AvgIpc) is 3.28. The van der Waals surface area contributed by atoms with Crippen LogP contribution in [0.4, 0.5) is 5.69 Å². The molecule has 1 aliphatic heterocycles. The van der Waals surface area contributed by atoms with Crippen LogP contribution in [-0.4, -0.2) is 40.4 Å². The first-order valence-electron chi connectivity index (χ1n) is 12.7. The third kappa shape index (κ3) is 6.08. The Labute approximate surface area is 240 Å². The molecule has 0 bridgehead atoms. The smallest absolute Gasteiger partial charge is 0.338 e. The largest absolute Gasteiger partial charge is 0.454 e. The highest BCUT2D eigenvalue weighted by Gasteiger charge is 2.40. The quantitative estimate of drug-likeness (QED) is 0.160. The molecule has 1 unspecified atom stereocenters. The van der Waals surface area contributed by atoms with Crippen LogP contribution in [0, 0.1) is 18.3 Å². The van der Waals surface area contributed by atoms with Crippen LogP contribution in [0.25, 0.3) is 11.3 Å². The third-order valence-electron chi connectivity index (χ3n) is 6.48. The van der Waals surface area contributed by atoms with Gasteiger partial charge in [-0.15, -0.1) is 0 Å². The summed E-state index contributed by atoms with van der Waals surface area (Å²) in [6.07, 6.45) is -0.0590. The summed E-state index contributed by atoms with van der Waals surface area (Å²) >= 11 is 1.09. The Hall–Kier alpha value is -5.07. The van der Waals surface area contributed by atoms with Gasteiger partial charge in [0, 0.05) is 17.5 Å². The number of imide groups is 1. The highest BCUT2D eigenvalue weighted by molar-refractivity contribution is 8.00. The van der Waals surface area contributed by atoms with Gasteiger partial charge in [-0.05, 0) is 43.3 Å². The number of hydrogen-bond acceptors (Lipinski definition) is 8. The summed E-state index contributed by atoms with van der Waals surface area (Å²) in [6.45, 7) is 1.50. The second-order valence-electron chi connectivity index (χ2n) is 9.32. The van der Waals surface area contributed by atoms with E-state index in [4.69, 9.17) is 4.74 Å². The SMILES string of the molecule is Cc1ccc(C(=O)COC(=O)c2ccc(N3C(=O)CC(Sc4nc(-c5ccccc5)ccc4C#N)C3=O)cc2)cc1. The van der Waals surface area contributed by atoms with Gasteiger partial charge in [0.1, 0.15) is 11.1 Å². The molecule has 1 atom stereocenters. The molecule has 1 aromatic heterocycles. The second-order valence-corrected chi connectivity index (χ2v) is 10.5. The molecule has 8 nitrogen and oxygen atoms in total. The number of aromatic nitrogens is 1. The molecule has 0 saturated carbocycles. The number of carbonyl (C=O) groups excluding carboxylic acids is 4. The van der Waals surface area contributed by atoms with Crippen molar-refractivity contribution in [2.75, 3.05) is 11.5 Å². The number of carbonyl (C=O) groups is 4. The zero-order valence-electron chi connectivity index (χ0n) is 21.9. The first-order valence-corrected chi connectivity index (χ1v) is 13.6. The molecule has 1 aliphatic rings. The van der Waals surface area contributed by atoms with Gasteiger partial charge < -0.3 is 4.74 Å². The number of benzene rings is 3. The number of thioether (sulfide) groups is 1. The Morgan fingerprint density at radius 2 is 1.63 bits per heavy atom. The molecule has 4 aromatic rings. The van der Waals surface area contributed by atoms with E-state index in [0.29, 0.717) is 27.5 Å². The van der Waals surface area contributed by atoms with Crippen molar-refractivity contribution in [2.24, 2.45) is 0 Å². The Morgan fingerprint density at radius 1 is 0.951 bits per heavy atom. The summed E-state index contributed by atoms with van der Waals surface area (Å²) in [7, 11) is 0. The maximum Gasteiger partial charge on any atom is 0.338 e. The zero-order valence-corrected chi connectivity index (χ0v) is 22.8. The molecule has 0 aliphatic carbocycles. The monoisotopic (exact) mass is 561 g/mol. The number of ketones is 1. The van der Waals surface area contributed by atoms with E-state index in [9.17, 15) is 24.4 Å². The van der Waals surface area contributed by atoms with Crippen molar-refractivity contribution in [3.8, 4) is 17.3 Å². The first-order chi connectivity index (χ1) is 19.8. The summed E-state index contributed by atoms with van der Waals surface area (Å²) in [5.74, 6) is -1.85. The number of Topliss-reactive ketones (excluding diaryl/α,β-unsaturated/α-hetero) is 1. The summed E-state index contributed by atoms with van der Waals surface area (Å²) in [4.78, 5) is 56.6. The van der Waals surface area contributed by atoms with E-state index in [2.05, 4.69) is 11.1 Å². The maximum atomic E-state index is 13.3. The van der Waals surface area contributed by atoms with E-state index >= 15 is 0 Å². The van der Waals surface area contributed by atoms with Crippen molar-refractivity contribution >= 4 is 41.0 Å². The van der Waals surface area contributed by atoms with Gasteiger partial charge in [0.05, 0.1) is 27.8 Å². The van der Waals surface area contributed by atoms with Gasteiger partial charge >= 0.3 is 5.97 Å². The maximum absolute atomic E-state index is 13.3. The second kappa shape index (κ2) is 12.0. The number of anilines is 1. The molecule has 0 spiro atoms. The van der Waals surface area contributed by atoms with E-state index in [1.807, 2.05) is 37.3 Å². The number of amides is 2. The van der Waals surface area contributed by atoms with Gasteiger partial charge in [-0.25, -0.2) is 14.7 Å². The van der Waals surface area contributed by atoms with Crippen molar-refractivity contribution in [2.45, 2.75) is 23.6 Å². The Kier molecular flexibility index (Phi) is 8.04. The van der Waals surface area contributed by atoms with Crippen LogP contribution in [0.5, 0.6) is 0 Å². The number of ether oxygens (including phenoxy) is 1. The third-order valence-corrected chi connectivity index (χ3v) is 7.67. The lowest BCUT2D eigenvalue weighted by atomic mass is 10.1.